The van der Waals surface area contributed by atoms with Gasteiger partial charge in [-0.2, -0.15) is 0 Å². The molecule has 1 atom stereocenters. The average molecular weight is 411 g/mol. The third-order valence-electron chi connectivity index (χ3n) is 5.45. The molecule has 1 saturated heterocycles. The molecule has 1 N–H and O–H groups in total. The molecule has 158 valence electrons. The number of nitrogens with one attached hydrogen (secondary N) is 1. The number of Topliss-reactive ketones (excluding diaryl/α,β-unsaturated/α-hetero) is 1. The highest BCUT2D eigenvalue weighted by molar-refractivity contribution is 6.08. The zero-order chi connectivity index (χ0) is 22.1. The molecule has 0 aliphatic carbocycles. The standard InChI is InChI=1S/C22H25N3O5/c1-5-22(4)20(28)24(21(29)23-22)12-19(27)30-13-18(26)17-11-14(2)25(15(17)3)16-9-7-6-8-10-16/h6-11H,5,12-13H2,1-4H3,(H,23,29). The first-order valence-corrected chi connectivity index (χ1v) is 9.75. The van der Waals surface area contributed by atoms with Crippen molar-refractivity contribution < 1.29 is 23.9 Å². The summed E-state index contributed by atoms with van der Waals surface area (Å²) in [5, 5.41) is 2.57. The molecule has 2 heterocycles. The van der Waals surface area contributed by atoms with Gasteiger partial charge in [-0.1, -0.05) is 25.1 Å². The monoisotopic (exact) mass is 411 g/mol. The van der Waals surface area contributed by atoms with Crippen molar-refractivity contribution in [1.82, 2.24) is 14.8 Å². The average Bonchev–Trinajstić information content (AvgIpc) is 3.14. The van der Waals surface area contributed by atoms with Gasteiger partial charge in [0, 0.05) is 22.6 Å². The number of ketones is 1. The minimum Gasteiger partial charge on any atom is -0.456 e. The highest BCUT2D eigenvalue weighted by Crippen LogP contribution is 2.22. The number of esters is 1. The van der Waals surface area contributed by atoms with Crippen LogP contribution in [0.2, 0.25) is 0 Å². The van der Waals surface area contributed by atoms with Gasteiger partial charge in [-0.25, -0.2) is 4.79 Å². The first-order valence-electron chi connectivity index (χ1n) is 9.75. The van der Waals surface area contributed by atoms with Crippen LogP contribution in [0.1, 0.15) is 42.0 Å². The largest absolute Gasteiger partial charge is 0.456 e. The van der Waals surface area contributed by atoms with Gasteiger partial charge in [-0.3, -0.25) is 19.3 Å². The van der Waals surface area contributed by atoms with E-state index in [1.165, 1.54) is 0 Å². The maximum Gasteiger partial charge on any atom is 0.326 e. The third kappa shape index (κ3) is 3.85. The predicted octanol–water partition coefficient (Wildman–Crippen LogP) is 2.54. The van der Waals surface area contributed by atoms with Gasteiger partial charge in [0.2, 0.25) is 5.78 Å². The number of hydrogen-bond donors (Lipinski definition) is 1. The Morgan fingerprint density at radius 1 is 1.13 bits per heavy atom. The van der Waals surface area contributed by atoms with E-state index in [2.05, 4.69) is 5.32 Å². The molecule has 0 radical (unpaired) electrons. The molecule has 3 amide bonds. The topological polar surface area (TPSA) is 97.7 Å². The molecular weight excluding hydrogens is 386 g/mol. The van der Waals surface area contributed by atoms with E-state index in [0.29, 0.717) is 12.0 Å². The van der Waals surface area contributed by atoms with Crippen LogP contribution < -0.4 is 5.32 Å². The Labute approximate surface area is 174 Å². The summed E-state index contributed by atoms with van der Waals surface area (Å²) in [5.41, 5.74) is 1.99. The summed E-state index contributed by atoms with van der Waals surface area (Å²) >= 11 is 0. The van der Waals surface area contributed by atoms with Crippen LogP contribution >= 0.6 is 0 Å². The normalized spacial score (nSPS) is 18.5. The molecule has 0 saturated carbocycles. The molecule has 1 aromatic carbocycles. The number of urea groups is 1. The second kappa shape index (κ2) is 8.14. The van der Waals surface area contributed by atoms with Crippen molar-refractivity contribution in [3.05, 3.63) is 53.3 Å². The van der Waals surface area contributed by atoms with E-state index in [9.17, 15) is 19.2 Å². The van der Waals surface area contributed by atoms with Crippen LogP contribution in [-0.2, 0) is 14.3 Å². The molecular formula is C22H25N3O5. The lowest BCUT2D eigenvalue weighted by molar-refractivity contribution is -0.146. The Bertz CT molecular complexity index is 1010. The number of nitrogens with zero attached hydrogens (tertiary/aromatic N) is 2. The number of ether oxygens (including phenoxy) is 1. The second-order valence-corrected chi connectivity index (χ2v) is 7.55. The Hall–Kier alpha value is -3.42. The lowest BCUT2D eigenvalue weighted by Gasteiger charge is -2.18. The molecule has 3 rings (SSSR count). The Kier molecular flexibility index (Phi) is 5.78. The zero-order valence-electron chi connectivity index (χ0n) is 17.5. The molecule has 2 aromatic rings. The van der Waals surface area contributed by atoms with Crippen LogP contribution in [0.25, 0.3) is 5.69 Å². The van der Waals surface area contributed by atoms with Crippen molar-refractivity contribution >= 4 is 23.7 Å². The molecule has 1 unspecified atom stereocenters. The first kappa shape index (κ1) is 21.3. The van der Waals surface area contributed by atoms with Crippen molar-refractivity contribution in [2.24, 2.45) is 0 Å². The van der Waals surface area contributed by atoms with Crippen LogP contribution in [0.4, 0.5) is 4.79 Å². The van der Waals surface area contributed by atoms with Gasteiger partial charge in [0.15, 0.2) is 6.61 Å². The van der Waals surface area contributed by atoms with Gasteiger partial charge >= 0.3 is 12.0 Å². The van der Waals surface area contributed by atoms with Crippen molar-refractivity contribution in [2.75, 3.05) is 13.2 Å². The fourth-order valence-electron chi connectivity index (χ4n) is 3.55. The van der Waals surface area contributed by atoms with E-state index in [1.807, 2.05) is 48.7 Å². The molecule has 1 fully saturated rings. The molecule has 1 aliphatic heterocycles. The fourth-order valence-corrected chi connectivity index (χ4v) is 3.55. The minimum absolute atomic E-state index is 0.353. The zero-order valence-corrected chi connectivity index (χ0v) is 17.5. The summed E-state index contributed by atoms with van der Waals surface area (Å²) in [4.78, 5) is 49.9. The summed E-state index contributed by atoms with van der Waals surface area (Å²) in [7, 11) is 0. The van der Waals surface area contributed by atoms with Crippen molar-refractivity contribution in [2.45, 2.75) is 39.7 Å². The number of rotatable bonds is 7. The maximum absolute atomic E-state index is 12.6. The Balaban J connectivity index is 1.65. The number of aryl methyl sites for hydroxylation is 1. The smallest absolute Gasteiger partial charge is 0.326 e. The molecule has 1 aliphatic rings. The molecule has 8 nitrogen and oxygen atoms in total. The van der Waals surface area contributed by atoms with E-state index in [4.69, 9.17) is 4.74 Å². The molecule has 30 heavy (non-hydrogen) atoms. The predicted molar refractivity (Wildman–Crippen MR) is 109 cm³/mol. The first-order chi connectivity index (χ1) is 14.2. The highest BCUT2D eigenvalue weighted by atomic mass is 16.5. The summed E-state index contributed by atoms with van der Waals surface area (Å²) in [5.74, 6) is -1.65. The SMILES string of the molecule is CCC1(C)NC(=O)N(CC(=O)OCC(=O)c2cc(C)n(-c3ccccc3)c2C)C1=O. The third-order valence-corrected chi connectivity index (χ3v) is 5.45. The molecule has 0 bridgehead atoms. The van der Waals surface area contributed by atoms with Crippen LogP contribution in [0.3, 0.4) is 0 Å². The molecule has 0 spiro atoms. The number of carbonyl (C=O) groups excluding carboxylic acids is 4. The van der Waals surface area contributed by atoms with E-state index < -0.39 is 36.6 Å². The molecule has 8 heteroatoms. The lowest BCUT2D eigenvalue weighted by Crippen LogP contribution is -2.43. The van der Waals surface area contributed by atoms with Gasteiger partial charge in [-0.05, 0) is 45.4 Å². The van der Waals surface area contributed by atoms with Gasteiger partial charge in [0.05, 0.1) is 0 Å². The van der Waals surface area contributed by atoms with Crippen LogP contribution in [0, 0.1) is 13.8 Å². The maximum atomic E-state index is 12.6. The summed E-state index contributed by atoms with van der Waals surface area (Å²) in [6.45, 7) is 6.09. The number of benzene rings is 1. The van der Waals surface area contributed by atoms with E-state index in [1.54, 1.807) is 19.9 Å². The van der Waals surface area contributed by atoms with Crippen LogP contribution in [0.15, 0.2) is 36.4 Å². The highest BCUT2D eigenvalue weighted by Gasteiger charge is 2.47. The lowest BCUT2D eigenvalue weighted by atomic mass is 9.99. The summed E-state index contributed by atoms with van der Waals surface area (Å²) in [6, 6.07) is 10.7. The summed E-state index contributed by atoms with van der Waals surface area (Å²) < 4.78 is 7.01. The van der Waals surface area contributed by atoms with Gasteiger partial charge in [-0.15, -0.1) is 0 Å². The number of para-hydroxylation sites is 1. The van der Waals surface area contributed by atoms with Gasteiger partial charge < -0.3 is 14.6 Å². The van der Waals surface area contributed by atoms with Crippen molar-refractivity contribution in [1.29, 1.82) is 0 Å². The summed E-state index contributed by atoms with van der Waals surface area (Å²) in [6.07, 6.45) is 0.401. The van der Waals surface area contributed by atoms with E-state index in [0.717, 1.165) is 22.0 Å². The minimum atomic E-state index is -1.03. The number of imide groups is 1. The Morgan fingerprint density at radius 2 is 1.80 bits per heavy atom. The van der Waals surface area contributed by atoms with E-state index in [-0.39, 0.29) is 5.78 Å². The Morgan fingerprint density at radius 3 is 2.40 bits per heavy atom. The van der Waals surface area contributed by atoms with Crippen LogP contribution in [-0.4, -0.2) is 51.8 Å². The van der Waals surface area contributed by atoms with Gasteiger partial charge in [0.1, 0.15) is 12.1 Å². The van der Waals surface area contributed by atoms with Crippen molar-refractivity contribution in [3.63, 3.8) is 0 Å². The molecule has 1 aromatic heterocycles. The number of amides is 3. The number of carbonyl (C=O) groups is 4. The van der Waals surface area contributed by atoms with Crippen molar-refractivity contribution in [3.8, 4) is 5.69 Å². The second-order valence-electron chi connectivity index (χ2n) is 7.55. The van der Waals surface area contributed by atoms with E-state index >= 15 is 0 Å². The fraction of sp³-hybridized carbons (Fsp3) is 0.364. The number of aromatic nitrogens is 1. The number of hydrogen-bond acceptors (Lipinski definition) is 5. The quantitative estimate of drug-likeness (QED) is 0.429. The van der Waals surface area contributed by atoms with Gasteiger partial charge in [0.25, 0.3) is 5.91 Å². The van der Waals surface area contributed by atoms with Crippen LogP contribution in [0.5, 0.6) is 0 Å².